The van der Waals surface area contributed by atoms with Crippen molar-refractivity contribution in [3.05, 3.63) is 42.1 Å². The van der Waals surface area contributed by atoms with Gasteiger partial charge in [-0.1, -0.05) is 49.9 Å². The van der Waals surface area contributed by atoms with Crippen molar-refractivity contribution in [1.29, 1.82) is 0 Å². The first kappa shape index (κ1) is 13.3. The molecule has 0 N–H and O–H groups in total. The Balaban J connectivity index is 1.59. The van der Waals surface area contributed by atoms with Gasteiger partial charge in [0.2, 0.25) is 0 Å². The number of carbonyl (C=O) groups excluding carboxylic acids is 1. The summed E-state index contributed by atoms with van der Waals surface area (Å²) in [7, 11) is 0. The van der Waals surface area contributed by atoms with E-state index in [0.717, 1.165) is 35.4 Å². The number of aromatic nitrogens is 1. The number of fused-ring (bicyclic) bond motifs is 1. The fourth-order valence-corrected chi connectivity index (χ4v) is 3.16. The van der Waals surface area contributed by atoms with E-state index in [0.29, 0.717) is 12.2 Å². The van der Waals surface area contributed by atoms with Crippen LogP contribution < -0.4 is 0 Å². The summed E-state index contributed by atoms with van der Waals surface area (Å²) in [6.45, 7) is 0. The number of hydrogen-bond acceptors (Lipinski definition) is 2. The Morgan fingerprint density at radius 2 is 1.90 bits per heavy atom. The molecule has 104 valence electrons. The smallest absolute Gasteiger partial charge is 0.138 e. The van der Waals surface area contributed by atoms with Gasteiger partial charge in [-0.25, -0.2) is 0 Å². The fourth-order valence-electron chi connectivity index (χ4n) is 3.16. The lowest BCUT2D eigenvalue weighted by Crippen LogP contribution is -2.06. The lowest BCUT2D eigenvalue weighted by molar-refractivity contribution is -0.118. The van der Waals surface area contributed by atoms with Crippen LogP contribution in [-0.4, -0.2) is 10.8 Å². The summed E-state index contributed by atoms with van der Waals surface area (Å²) in [6, 6.07) is 12.1. The monoisotopic (exact) mass is 267 g/mol. The predicted molar refractivity (Wildman–Crippen MR) is 81.6 cm³/mol. The van der Waals surface area contributed by atoms with Gasteiger partial charge in [-0.2, -0.15) is 0 Å². The minimum Gasteiger partial charge on any atom is -0.299 e. The van der Waals surface area contributed by atoms with E-state index >= 15 is 0 Å². The van der Waals surface area contributed by atoms with Crippen LogP contribution in [0.1, 0.15) is 44.2 Å². The quantitative estimate of drug-likeness (QED) is 0.807. The molecule has 0 bridgehead atoms. The molecule has 0 atom stereocenters. The third-order valence-electron chi connectivity index (χ3n) is 4.34. The topological polar surface area (TPSA) is 30.0 Å². The van der Waals surface area contributed by atoms with Gasteiger partial charge in [0.1, 0.15) is 5.78 Å². The number of benzene rings is 1. The largest absolute Gasteiger partial charge is 0.299 e. The number of ketones is 1. The number of para-hydroxylation sites is 1. The molecule has 2 aromatic rings. The van der Waals surface area contributed by atoms with E-state index < -0.39 is 0 Å². The van der Waals surface area contributed by atoms with Crippen LogP contribution in [0.5, 0.6) is 0 Å². The van der Waals surface area contributed by atoms with Crippen LogP contribution in [0, 0.1) is 5.92 Å². The van der Waals surface area contributed by atoms with Gasteiger partial charge in [-0.05, 0) is 24.5 Å². The van der Waals surface area contributed by atoms with Crippen molar-refractivity contribution in [3.8, 4) is 0 Å². The van der Waals surface area contributed by atoms with E-state index in [1.165, 1.54) is 25.7 Å². The van der Waals surface area contributed by atoms with Crippen molar-refractivity contribution in [2.24, 2.45) is 5.92 Å². The molecule has 1 aromatic carbocycles. The summed E-state index contributed by atoms with van der Waals surface area (Å²) in [5, 5.41) is 1.13. The lowest BCUT2D eigenvalue weighted by atomic mass is 9.98. The van der Waals surface area contributed by atoms with Crippen molar-refractivity contribution in [3.63, 3.8) is 0 Å². The second-order valence-electron chi connectivity index (χ2n) is 5.90. The average Bonchev–Trinajstić information content (AvgIpc) is 2.98. The molecule has 20 heavy (non-hydrogen) atoms. The first-order chi connectivity index (χ1) is 9.81. The van der Waals surface area contributed by atoms with Crippen LogP contribution >= 0.6 is 0 Å². The molecular weight excluding hydrogens is 246 g/mol. The molecule has 0 unspecified atom stereocenters. The highest BCUT2D eigenvalue weighted by atomic mass is 16.1. The summed E-state index contributed by atoms with van der Waals surface area (Å²) >= 11 is 0. The van der Waals surface area contributed by atoms with Crippen LogP contribution in [0.15, 0.2) is 36.4 Å². The molecule has 1 saturated carbocycles. The highest BCUT2D eigenvalue weighted by Crippen LogP contribution is 2.28. The second kappa shape index (κ2) is 6.17. The third kappa shape index (κ3) is 3.24. The van der Waals surface area contributed by atoms with Crippen molar-refractivity contribution >= 4 is 16.7 Å². The summed E-state index contributed by atoms with van der Waals surface area (Å²) in [5.74, 6) is 1.13. The van der Waals surface area contributed by atoms with Crippen LogP contribution in [0.3, 0.4) is 0 Å². The van der Waals surface area contributed by atoms with Crippen molar-refractivity contribution in [1.82, 2.24) is 4.98 Å². The number of nitrogens with zero attached hydrogens (tertiary/aromatic N) is 1. The standard InChI is InChI=1S/C18H21NO/c20-17(12-9-14-5-1-2-6-14)13-16-11-10-15-7-3-4-8-18(15)19-16/h3-4,7-8,10-11,14H,1-2,5-6,9,12-13H2. The van der Waals surface area contributed by atoms with Crippen molar-refractivity contribution in [2.75, 3.05) is 0 Å². The number of Topliss-reactive ketones (excluding diaryl/α,β-unsaturated/α-hetero) is 1. The number of hydrogen-bond donors (Lipinski definition) is 0. The normalized spacial score (nSPS) is 15.8. The maximum Gasteiger partial charge on any atom is 0.138 e. The molecule has 2 heteroatoms. The number of rotatable bonds is 5. The molecule has 1 heterocycles. The molecule has 0 radical (unpaired) electrons. The van der Waals surface area contributed by atoms with Gasteiger partial charge in [-0.3, -0.25) is 9.78 Å². The predicted octanol–water partition coefficient (Wildman–Crippen LogP) is 4.32. The van der Waals surface area contributed by atoms with Crippen LogP contribution in [-0.2, 0) is 11.2 Å². The summed E-state index contributed by atoms with van der Waals surface area (Å²) < 4.78 is 0. The molecule has 1 aliphatic rings. The first-order valence-electron chi connectivity index (χ1n) is 7.67. The van der Waals surface area contributed by atoms with Gasteiger partial charge in [0.05, 0.1) is 5.52 Å². The van der Waals surface area contributed by atoms with E-state index in [2.05, 4.69) is 11.1 Å². The Hall–Kier alpha value is -1.70. The van der Waals surface area contributed by atoms with Crippen molar-refractivity contribution < 1.29 is 4.79 Å². The molecule has 2 nitrogen and oxygen atoms in total. The van der Waals surface area contributed by atoms with Gasteiger partial charge < -0.3 is 0 Å². The van der Waals surface area contributed by atoms with Crippen LogP contribution in [0.4, 0.5) is 0 Å². The minimum absolute atomic E-state index is 0.333. The van der Waals surface area contributed by atoms with E-state index in [1.807, 2.05) is 30.3 Å². The van der Waals surface area contributed by atoms with Gasteiger partial charge in [0.15, 0.2) is 0 Å². The highest BCUT2D eigenvalue weighted by molar-refractivity contribution is 5.82. The Bertz CT molecular complexity index is 599. The molecule has 1 fully saturated rings. The third-order valence-corrected chi connectivity index (χ3v) is 4.34. The van der Waals surface area contributed by atoms with E-state index in [9.17, 15) is 4.79 Å². The van der Waals surface area contributed by atoms with Gasteiger partial charge >= 0.3 is 0 Å². The zero-order valence-corrected chi connectivity index (χ0v) is 11.8. The molecule has 0 amide bonds. The zero-order chi connectivity index (χ0) is 13.8. The van der Waals surface area contributed by atoms with E-state index in [4.69, 9.17) is 0 Å². The van der Waals surface area contributed by atoms with E-state index in [-0.39, 0.29) is 0 Å². The fraction of sp³-hybridized carbons (Fsp3) is 0.444. The average molecular weight is 267 g/mol. The molecular formula is C18H21NO. The number of pyridine rings is 1. The Morgan fingerprint density at radius 1 is 1.10 bits per heavy atom. The molecule has 1 aliphatic carbocycles. The lowest BCUT2D eigenvalue weighted by Gasteiger charge is -2.07. The number of carbonyl (C=O) groups is 1. The molecule has 0 aliphatic heterocycles. The van der Waals surface area contributed by atoms with Crippen LogP contribution in [0.2, 0.25) is 0 Å². The zero-order valence-electron chi connectivity index (χ0n) is 11.8. The molecule has 1 aromatic heterocycles. The first-order valence-corrected chi connectivity index (χ1v) is 7.67. The van der Waals surface area contributed by atoms with Gasteiger partial charge in [-0.15, -0.1) is 0 Å². The molecule has 0 saturated heterocycles. The Morgan fingerprint density at radius 3 is 2.75 bits per heavy atom. The van der Waals surface area contributed by atoms with Gasteiger partial charge in [0, 0.05) is 23.9 Å². The molecule has 3 rings (SSSR count). The summed E-state index contributed by atoms with van der Waals surface area (Å²) in [4.78, 5) is 16.6. The Labute approximate surface area is 120 Å². The van der Waals surface area contributed by atoms with Gasteiger partial charge in [0.25, 0.3) is 0 Å². The maximum absolute atomic E-state index is 12.1. The maximum atomic E-state index is 12.1. The summed E-state index contributed by atoms with van der Waals surface area (Å²) in [5.41, 5.74) is 1.88. The second-order valence-corrected chi connectivity index (χ2v) is 5.90. The molecule has 0 spiro atoms. The summed E-state index contributed by atoms with van der Waals surface area (Å²) in [6.07, 6.45) is 7.63. The van der Waals surface area contributed by atoms with E-state index in [1.54, 1.807) is 0 Å². The van der Waals surface area contributed by atoms with Crippen molar-refractivity contribution in [2.45, 2.75) is 44.9 Å². The highest BCUT2D eigenvalue weighted by Gasteiger charge is 2.16. The SMILES string of the molecule is O=C(CCC1CCCC1)Cc1ccc2ccccc2n1. The minimum atomic E-state index is 0.333. The Kier molecular flexibility index (Phi) is 4.10. The van der Waals surface area contributed by atoms with Crippen LogP contribution in [0.25, 0.3) is 10.9 Å².